The van der Waals surface area contributed by atoms with Crippen molar-refractivity contribution in [1.29, 1.82) is 0 Å². The number of carbonyl (C=O) groups excluding carboxylic acids is 1. The first-order chi connectivity index (χ1) is 16.4. The number of fused-ring (bicyclic) bond motifs is 1. The summed E-state index contributed by atoms with van der Waals surface area (Å²) in [4.78, 5) is 17.0. The SMILES string of the molecule is Cn1nc(C2CC2)c(/C=C/C(=O)NS(=O)(=O)CC=CNCC2CC2)c1-n1ccc2cccnc21. The van der Waals surface area contributed by atoms with Gasteiger partial charge in [0.15, 0.2) is 0 Å². The number of carbonyl (C=O) groups is 1. The third-order valence-electron chi connectivity index (χ3n) is 6.03. The molecule has 0 unspecified atom stereocenters. The predicted molar refractivity (Wildman–Crippen MR) is 131 cm³/mol. The molecule has 0 atom stereocenters. The zero-order chi connectivity index (χ0) is 23.7. The maximum atomic E-state index is 12.5. The highest BCUT2D eigenvalue weighted by Gasteiger charge is 2.31. The van der Waals surface area contributed by atoms with Crippen LogP contribution in [-0.4, -0.2) is 46.0 Å². The van der Waals surface area contributed by atoms with Crippen LogP contribution < -0.4 is 10.0 Å². The summed E-state index contributed by atoms with van der Waals surface area (Å²) in [6.45, 7) is 0.856. The molecule has 5 rings (SSSR count). The van der Waals surface area contributed by atoms with Crippen molar-refractivity contribution in [3.8, 4) is 5.82 Å². The first-order valence-corrected chi connectivity index (χ1v) is 13.2. The molecule has 2 saturated carbocycles. The molecule has 0 aromatic carbocycles. The third kappa shape index (κ3) is 5.06. The molecule has 1 amide bonds. The van der Waals surface area contributed by atoms with Gasteiger partial charge in [0, 0.05) is 48.9 Å². The van der Waals surface area contributed by atoms with E-state index in [-0.39, 0.29) is 5.75 Å². The van der Waals surface area contributed by atoms with E-state index in [0.29, 0.717) is 11.8 Å². The Morgan fingerprint density at radius 1 is 1.24 bits per heavy atom. The summed E-state index contributed by atoms with van der Waals surface area (Å²) in [5.74, 6) is 0.869. The van der Waals surface area contributed by atoms with Crippen molar-refractivity contribution in [2.75, 3.05) is 12.3 Å². The molecule has 10 heteroatoms. The highest BCUT2D eigenvalue weighted by molar-refractivity contribution is 7.90. The van der Waals surface area contributed by atoms with Gasteiger partial charge in [-0.3, -0.25) is 14.0 Å². The van der Waals surface area contributed by atoms with Gasteiger partial charge in [0.25, 0.3) is 5.91 Å². The Balaban J connectivity index is 1.34. The van der Waals surface area contributed by atoms with Crippen molar-refractivity contribution in [2.45, 2.75) is 31.6 Å². The Labute approximate surface area is 198 Å². The van der Waals surface area contributed by atoms with Crippen LogP contribution in [0.1, 0.15) is 42.9 Å². The molecule has 0 radical (unpaired) electrons. The first-order valence-electron chi connectivity index (χ1n) is 11.5. The molecule has 34 heavy (non-hydrogen) atoms. The average molecular weight is 481 g/mol. The van der Waals surface area contributed by atoms with Crippen LogP contribution >= 0.6 is 0 Å². The minimum atomic E-state index is -3.77. The number of pyridine rings is 1. The van der Waals surface area contributed by atoms with E-state index in [9.17, 15) is 13.2 Å². The van der Waals surface area contributed by atoms with E-state index < -0.39 is 15.9 Å². The standard InChI is InChI=1S/C24H28N6O3S/c1-29-24(30-14-11-19-4-2-13-26-23(19)30)20(22(27-29)18-7-8-18)9-10-21(31)28-34(32,33)15-3-12-25-16-17-5-6-17/h2-4,9-14,17-18,25H,5-8,15-16H2,1H3,(H,28,31)/b10-9+,12-3?. The van der Waals surface area contributed by atoms with Gasteiger partial charge < -0.3 is 5.32 Å². The number of hydrogen-bond acceptors (Lipinski definition) is 6. The summed E-state index contributed by atoms with van der Waals surface area (Å²) in [7, 11) is -1.91. The molecule has 0 saturated heterocycles. The van der Waals surface area contributed by atoms with E-state index >= 15 is 0 Å². The molecule has 2 aliphatic rings. The second-order valence-corrected chi connectivity index (χ2v) is 10.7. The molecule has 3 aromatic rings. The molecule has 2 fully saturated rings. The third-order valence-corrected chi connectivity index (χ3v) is 7.18. The average Bonchev–Trinajstić information content (AvgIpc) is 3.73. The molecular weight excluding hydrogens is 452 g/mol. The van der Waals surface area contributed by atoms with Crippen molar-refractivity contribution in [2.24, 2.45) is 13.0 Å². The number of hydrogen-bond donors (Lipinski definition) is 2. The van der Waals surface area contributed by atoms with Gasteiger partial charge in [0.05, 0.1) is 11.4 Å². The number of amides is 1. The van der Waals surface area contributed by atoms with E-state index in [1.54, 1.807) is 23.2 Å². The summed E-state index contributed by atoms with van der Waals surface area (Å²) in [6.07, 6.45) is 14.3. The fourth-order valence-corrected chi connectivity index (χ4v) is 4.80. The Morgan fingerprint density at radius 2 is 2.06 bits per heavy atom. The molecule has 178 valence electrons. The number of nitrogens with zero attached hydrogens (tertiary/aromatic N) is 4. The molecule has 9 nitrogen and oxygen atoms in total. The van der Waals surface area contributed by atoms with Crippen LogP contribution in [0.25, 0.3) is 22.9 Å². The minimum Gasteiger partial charge on any atom is -0.391 e. The van der Waals surface area contributed by atoms with Crippen LogP contribution in [0.3, 0.4) is 0 Å². The Hall–Kier alpha value is -3.40. The maximum absolute atomic E-state index is 12.5. The molecule has 0 spiro atoms. The highest BCUT2D eigenvalue weighted by atomic mass is 32.2. The van der Waals surface area contributed by atoms with Gasteiger partial charge in [0.2, 0.25) is 10.0 Å². The molecule has 0 bridgehead atoms. The summed E-state index contributed by atoms with van der Waals surface area (Å²) in [5, 5.41) is 8.80. The monoisotopic (exact) mass is 480 g/mol. The molecular formula is C24H28N6O3S. The van der Waals surface area contributed by atoms with Crippen LogP contribution in [0, 0.1) is 5.92 Å². The van der Waals surface area contributed by atoms with E-state index in [1.807, 2.05) is 36.0 Å². The zero-order valence-corrected chi connectivity index (χ0v) is 19.8. The van der Waals surface area contributed by atoms with E-state index in [0.717, 1.165) is 47.5 Å². The summed E-state index contributed by atoms with van der Waals surface area (Å²) >= 11 is 0. The summed E-state index contributed by atoms with van der Waals surface area (Å²) in [6, 6.07) is 5.85. The van der Waals surface area contributed by atoms with E-state index in [4.69, 9.17) is 5.10 Å². The van der Waals surface area contributed by atoms with Gasteiger partial charge in [-0.25, -0.2) is 18.1 Å². The van der Waals surface area contributed by atoms with Crippen molar-refractivity contribution >= 4 is 33.0 Å². The van der Waals surface area contributed by atoms with Gasteiger partial charge in [-0.15, -0.1) is 0 Å². The minimum absolute atomic E-state index is 0.267. The van der Waals surface area contributed by atoms with Gasteiger partial charge in [0.1, 0.15) is 11.5 Å². The lowest BCUT2D eigenvalue weighted by Crippen LogP contribution is -2.30. The van der Waals surface area contributed by atoms with Crippen LogP contribution in [0.15, 0.2) is 48.9 Å². The highest BCUT2D eigenvalue weighted by Crippen LogP contribution is 2.43. The maximum Gasteiger partial charge on any atom is 0.257 e. The Kier molecular flexibility index (Phi) is 5.99. The normalized spacial score (nSPS) is 16.6. The summed E-state index contributed by atoms with van der Waals surface area (Å²) < 4.78 is 30.4. The second kappa shape index (κ2) is 9.09. The number of aromatic nitrogens is 4. The van der Waals surface area contributed by atoms with Crippen LogP contribution in [0.5, 0.6) is 0 Å². The lowest BCUT2D eigenvalue weighted by Gasteiger charge is -2.07. The van der Waals surface area contributed by atoms with Crippen LogP contribution in [-0.2, 0) is 21.9 Å². The molecule has 0 aliphatic heterocycles. The Morgan fingerprint density at radius 3 is 2.82 bits per heavy atom. The van der Waals surface area contributed by atoms with E-state index in [2.05, 4.69) is 15.0 Å². The predicted octanol–water partition coefficient (Wildman–Crippen LogP) is 2.61. The second-order valence-electron chi connectivity index (χ2n) is 8.96. The summed E-state index contributed by atoms with van der Waals surface area (Å²) in [5.41, 5.74) is 2.49. The Bertz CT molecular complexity index is 1380. The number of aryl methyl sites for hydroxylation is 1. The van der Waals surface area contributed by atoms with Gasteiger partial charge in [-0.1, -0.05) is 6.08 Å². The lowest BCUT2D eigenvalue weighted by molar-refractivity contribution is -0.114. The largest absolute Gasteiger partial charge is 0.391 e. The van der Waals surface area contributed by atoms with Crippen molar-refractivity contribution in [3.05, 3.63) is 60.2 Å². The van der Waals surface area contributed by atoms with Gasteiger partial charge in [-0.2, -0.15) is 5.10 Å². The number of sulfonamides is 1. The van der Waals surface area contributed by atoms with Crippen molar-refractivity contribution < 1.29 is 13.2 Å². The first kappa shape index (κ1) is 22.4. The number of rotatable bonds is 10. The van der Waals surface area contributed by atoms with Crippen LogP contribution in [0.2, 0.25) is 0 Å². The lowest BCUT2D eigenvalue weighted by atomic mass is 10.1. The smallest absolute Gasteiger partial charge is 0.257 e. The van der Waals surface area contributed by atoms with Gasteiger partial charge >= 0.3 is 0 Å². The van der Waals surface area contributed by atoms with Crippen LogP contribution in [0.4, 0.5) is 0 Å². The number of nitrogens with one attached hydrogen (secondary N) is 2. The molecule has 2 aliphatic carbocycles. The fraction of sp³-hybridized carbons (Fsp3) is 0.375. The van der Waals surface area contributed by atoms with Gasteiger partial charge in [-0.05, 0) is 62.1 Å². The fourth-order valence-electron chi connectivity index (χ4n) is 4.00. The molecule has 3 aromatic heterocycles. The molecule has 3 heterocycles. The van der Waals surface area contributed by atoms with E-state index in [1.165, 1.54) is 25.0 Å². The van der Waals surface area contributed by atoms with Crippen molar-refractivity contribution in [1.82, 2.24) is 29.4 Å². The molecule has 2 N–H and O–H groups in total. The topological polar surface area (TPSA) is 111 Å². The quantitative estimate of drug-likeness (QED) is 0.432. The van der Waals surface area contributed by atoms with Crippen molar-refractivity contribution in [3.63, 3.8) is 0 Å². The zero-order valence-electron chi connectivity index (χ0n) is 19.0.